The molecule has 1 atom stereocenters. The highest BCUT2D eigenvalue weighted by Gasteiger charge is 2.38. The molecule has 0 aliphatic rings. The van der Waals surface area contributed by atoms with Crippen LogP contribution in [0.1, 0.15) is 53.4 Å². The fourth-order valence-electron chi connectivity index (χ4n) is 2.49. The zero-order chi connectivity index (χ0) is 15.8. The summed E-state index contributed by atoms with van der Waals surface area (Å²) < 4.78 is 0. The molecule has 0 aromatic rings. The van der Waals surface area contributed by atoms with Crippen LogP contribution in [0.3, 0.4) is 0 Å². The van der Waals surface area contributed by atoms with Gasteiger partial charge in [0, 0.05) is 12.6 Å². The lowest BCUT2D eigenvalue weighted by Crippen LogP contribution is -2.50. The van der Waals surface area contributed by atoms with Crippen LogP contribution < -0.4 is 5.32 Å². The van der Waals surface area contributed by atoms with Crippen molar-refractivity contribution in [3.8, 4) is 6.07 Å². The number of rotatable bonds is 9. The molecule has 0 aromatic heterocycles. The van der Waals surface area contributed by atoms with Crippen LogP contribution in [0.15, 0.2) is 0 Å². The molecule has 4 heteroatoms. The number of carbonyl (C=O) groups excluding carboxylic acids is 1. The number of hydrogen-bond acceptors (Lipinski definition) is 3. The first-order valence-corrected chi connectivity index (χ1v) is 7.69. The fourth-order valence-corrected chi connectivity index (χ4v) is 2.49. The average molecular weight is 281 g/mol. The van der Waals surface area contributed by atoms with Crippen molar-refractivity contribution in [1.29, 1.82) is 5.26 Å². The molecule has 4 nitrogen and oxygen atoms in total. The van der Waals surface area contributed by atoms with E-state index in [-0.39, 0.29) is 11.9 Å². The molecule has 0 saturated heterocycles. The van der Waals surface area contributed by atoms with E-state index in [1.165, 1.54) is 0 Å². The standard InChI is InChI=1S/C16H31N3O/c1-7-9-16(12-17,10-8-2)15(20)18-14(13(3)4)11-19(5)6/h13-14H,7-11H2,1-6H3,(H,18,20). The lowest BCUT2D eigenvalue weighted by Gasteiger charge is -2.31. The summed E-state index contributed by atoms with van der Waals surface area (Å²) in [6.45, 7) is 9.04. The van der Waals surface area contributed by atoms with Crippen molar-refractivity contribution in [2.24, 2.45) is 11.3 Å². The summed E-state index contributed by atoms with van der Waals surface area (Å²) >= 11 is 0. The number of nitriles is 1. The van der Waals surface area contributed by atoms with Crippen molar-refractivity contribution in [3.05, 3.63) is 0 Å². The van der Waals surface area contributed by atoms with Crippen LogP contribution in [0.2, 0.25) is 0 Å². The van der Waals surface area contributed by atoms with Crippen LogP contribution in [0, 0.1) is 22.7 Å². The Kier molecular flexibility index (Phi) is 8.48. The van der Waals surface area contributed by atoms with Gasteiger partial charge >= 0.3 is 0 Å². The van der Waals surface area contributed by atoms with Gasteiger partial charge in [-0.1, -0.05) is 40.5 Å². The first-order valence-electron chi connectivity index (χ1n) is 7.69. The van der Waals surface area contributed by atoms with E-state index in [0.717, 1.165) is 19.4 Å². The molecule has 0 aromatic carbocycles. The fraction of sp³-hybridized carbons (Fsp3) is 0.875. The van der Waals surface area contributed by atoms with Gasteiger partial charge < -0.3 is 10.2 Å². The zero-order valence-corrected chi connectivity index (χ0v) is 14.0. The molecule has 0 spiro atoms. The lowest BCUT2D eigenvalue weighted by molar-refractivity contribution is -0.130. The lowest BCUT2D eigenvalue weighted by atomic mass is 9.79. The second-order valence-corrected chi connectivity index (χ2v) is 6.28. The Hall–Kier alpha value is -1.08. The summed E-state index contributed by atoms with van der Waals surface area (Å²) in [5, 5.41) is 12.6. The Morgan fingerprint density at radius 3 is 2.05 bits per heavy atom. The Morgan fingerprint density at radius 2 is 1.75 bits per heavy atom. The number of hydrogen-bond donors (Lipinski definition) is 1. The Morgan fingerprint density at radius 1 is 1.25 bits per heavy atom. The summed E-state index contributed by atoms with van der Waals surface area (Å²) in [6, 6.07) is 2.37. The van der Waals surface area contributed by atoms with Crippen LogP contribution in [0.5, 0.6) is 0 Å². The smallest absolute Gasteiger partial charge is 0.240 e. The van der Waals surface area contributed by atoms with Gasteiger partial charge in [-0.15, -0.1) is 0 Å². The van der Waals surface area contributed by atoms with Gasteiger partial charge in [-0.05, 0) is 32.9 Å². The summed E-state index contributed by atoms with van der Waals surface area (Å²) in [5.74, 6) is 0.255. The van der Waals surface area contributed by atoms with Crippen LogP contribution >= 0.6 is 0 Å². The largest absolute Gasteiger partial charge is 0.350 e. The third kappa shape index (κ3) is 5.50. The van der Waals surface area contributed by atoms with Gasteiger partial charge in [-0.25, -0.2) is 0 Å². The predicted octanol–water partition coefficient (Wildman–Crippen LogP) is 2.80. The molecule has 116 valence electrons. The second kappa shape index (κ2) is 8.97. The number of amides is 1. The van der Waals surface area contributed by atoms with Crippen molar-refractivity contribution in [1.82, 2.24) is 10.2 Å². The molecule has 0 radical (unpaired) electrons. The van der Waals surface area contributed by atoms with Crippen LogP contribution in [0.25, 0.3) is 0 Å². The van der Waals surface area contributed by atoms with Crippen molar-refractivity contribution in [2.75, 3.05) is 20.6 Å². The number of likely N-dealkylation sites (N-methyl/N-ethyl adjacent to an activating group) is 1. The third-order valence-corrected chi connectivity index (χ3v) is 3.69. The SMILES string of the molecule is CCCC(C#N)(CCC)C(=O)NC(CN(C)C)C(C)C. The third-order valence-electron chi connectivity index (χ3n) is 3.69. The van der Waals surface area contributed by atoms with Gasteiger partial charge in [0.2, 0.25) is 5.91 Å². The highest BCUT2D eigenvalue weighted by atomic mass is 16.2. The molecule has 1 unspecified atom stereocenters. The summed E-state index contributed by atoms with van der Waals surface area (Å²) in [4.78, 5) is 14.7. The minimum atomic E-state index is -0.858. The van der Waals surface area contributed by atoms with Gasteiger partial charge in [0.15, 0.2) is 0 Å². The van der Waals surface area contributed by atoms with E-state index in [9.17, 15) is 10.1 Å². The topological polar surface area (TPSA) is 56.1 Å². The van der Waals surface area contributed by atoms with E-state index in [1.54, 1.807) is 0 Å². The second-order valence-electron chi connectivity index (χ2n) is 6.28. The van der Waals surface area contributed by atoms with Gasteiger partial charge in [0.1, 0.15) is 5.41 Å². The molecule has 0 aliphatic carbocycles. The van der Waals surface area contributed by atoms with E-state index in [2.05, 4.69) is 30.1 Å². The van der Waals surface area contributed by atoms with Gasteiger partial charge in [0.25, 0.3) is 0 Å². The summed E-state index contributed by atoms with van der Waals surface area (Å²) in [6.07, 6.45) is 2.97. The Balaban J connectivity index is 5.01. The molecule has 0 aliphatic heterocycles. The van der Waals surface area contributed by atoms with Crippen molar-refractivity contribution in [2.45, 2.75) is 59.4 Å². The molecule has 0 rings (SSSR count). The van der Waals surface area contributed by atoms with Crippen molar-refractivity contribution >= 4 is 5.91 Å². The van der Waals surface area contributed by atoms with E-state index < -0.39 is 5.41 Å². The average Bonchev–Trinajstić information content (AvgIpc) is 2.36. The van der Waals surface area contributed by atoms with E-state index in [4.69, 9.17) is 0 Å². The minimum Gasteiger partial charge on any atom is -0.350 e. The van der Waals surface area contributed by atoms with Gasteiger partial charge in [-0.2, -0.15) is 5.26 Å². The minimum absolute atomic E-state index is 0.0823. The molecule has 1 N–H and O–H groups in total. The quantitative estimate of drug-likeness (QED) is 0.707. The Bertz CT molecular complexity index is 325. The van der Waals surface area contributed by atoms with E-state index >= 15 is 0 Å². The normalized spacial score (nSPS) is 13.3. The maximum atomic E-state index is 12.6. The Labute approximate surface area is 124 Å². The molecule has 0 bridgehead atoms. The molecule has 20 heavy (non-hydrogen) atoms. The number of carbonyl (C=O) groups is 1. The maximum absolute atomic E-state index is 12.6. The van der Waals surface area contributed by atoms with Crippen LogP contribution in [0.4, 0.5) is 0 Å². The molecule has 1 amide bonds. The molecule has 0 fully saturated rings. The van der Waals surface area contributed by atoms with Crippen molar-refractivity contribution in [3.63, 3.8) is 0 Å². The number of nitrogens with zero attached hydrogens (tertiary/aromatic N) is 2. The van der Waals surface area contributed by atoms with E-state index in [0.29, 0.717) is 18.8 Å². The van der Waals surface area contributed by atoms with Gasteiger partial charge in [0.05, 0.1) is 6.07 Å². The molecular weight excluding hydrogens is 250 g/mol. The summed E-state index contributed by atoms with van der Waals surface area (Å²) in [5.41, 5.74) is -0.858. The monoisotopic (exact) mass is 281 g/mol. The molecular formula is C16H31N3O. The zero-order valence-electron chi connectivity index (χ0n) is 14.0. The van der Waals surface area contributed by atoms with Crippen molar-refractivity contribution < 1.29 is 4.79 Å². The highest BCUT2D eigenvalue weighted by Crippen LogP contribution is 2.29. The van der Waals surface area contributed by atoms with Crippen LogP contribution in [-0.2, 0) is 4.79 Å². The van der Waals surface area contributed by atoms with Crippen LogP contribution in [-0.4, -0.2) is 37.5 Å². The van der Waals surface area contributed by atoms with E-state index in [1.807, 2.05) is 27.9 Å². The maximum Gasteiger partial charge on any atom is 0.240 e. The first-order chi connectivity index (χ1) is 9.32. The first kappa shape index (κ1) is 18.9. The molecule has 0 saturated carbocycles. The number of nitrogens with one attached hydrogen (secondary N) is 1. The van der Waals surface area contributed by atoms with Gasteiger partial charge in [-0.3, -0.25) is 4.79 Å². The highest BCUT2D eigenvalue weighted by molar-refractivity contribution is 5.85. The predicted molar refractivity (Wildman–Crippen MR) is 83.2 cm³/mol. The summed E-state index contributed by atoms with van der Waals surface area (Å²) in [7, 11) is 3.99. The molecule has 0 heterocycles.